The molecule has 1 aliphatic carbocycles. The van der Waals surface area contributed by atoms with Crippen LogP contribution >= 0.6 is 0 Å². The number of methoxy groups -OCH3 is 1. The number of likely N-dealkylation sites (tertiary alicyclic amines) is 1. The number of fused-ring (bicyclic) bond motifs is 1. The summed E-state index contributed by atoms with van der Waals surface area (Å²) in [6, 6.07) is 10.3. The molecule has 118 valence electrons. The summed E-state index contributed by atoms with van der Waals surface area (Å²) in [7, 11) is 1.30. The molecule has 2 atom stereocenters. The van der Waals surface area contributed by atoms with Crippen LogP contribution in [-0.4, -0.2) is 37.1 Å². The molecule has 2 amide bonds. The van der Waals surface area contributed by atoms with Crippen molar-refractivity contribution in [3.8, 4) is 0 Å². The number of nitrogens with zero attached hydrogens (tertiary/aromatic N) is 1. The van der Waals surface area contributed by atoms with Gasteiger partial charge in [0.05, 0.1) is 12.6 Å². The Morgan fingerprint density at radius 3 is 2.77 bits per heavy atom. The molecule has 1 N–H and O–H groups in total. The highest BCUT2D eigenvalue weighted by Crippen LogP contribution is 2.53. The molecule has 0 bridgehead atoms. The van der Waals surface area contributed by atoms with Crippen LogP contribution in [0.4, 0.5) is 4.79 Å². The predicted molar refractivity (Wildman–Crippen MR) is 82.2 cm³/mol. The van der Waals surface area contributed by atoms with Gasteiger partial charge in [-0.05, 0) is 18.4 Å². The van der Waals surface area contributed by atoms with Crippen LogP contribution in [0.3, 0.4) is 0 Å². The lowest BCUT2D eigenvalue weighted by atomic mass is 9.61. The Balaban J connectivity index is 1.80. The molecule has 0 spiro atoms. The van der Waals surface area contributed by atoms with E-state index in [2.05, 4.69) is 22.2 Å². The number of benzene rings is 1. The average Bonchev–Trinajstić information content (AvgIpc) is 2.54. The Morgan fingerprint density at radius 2 is 2.09 bits per heavy atom. The van der Waals surface area contributed by atoms with Crippen LogP contribution in [0.25, 0.3) is 0 Å². The topological polar surface area (TPSA) is 58.6 Å². The minimum absolute atomic E-state index is 0.00598. The Hall–Kier alpha value is -2.04. The molecule has 0 unspecified atom stereocenters. The zero-order chi connectivity index (χ0) is 15.6. The number of hydrogen-bond acceptors (Lipinski definition) is 3. The van der Waals surface area contributed by atoms with Gasteiger partial charge in [0.25, 0.3) is 0 Å². The monoisotopic (exact) mass is 302 g/mol. The normalized spacial score (nSPS) is 26.6. The maximum atomic E-state index is 12.5. The van der Waals surface area contributed by atoms with Crippen molar-refractivity contribution in [3.05, 3.63) is 35.9 Å². The van der Waals surface area contributed by atoms with Crippen molar-refractivity contribution in [1.29, 1.82) is 0 Å². The van der Waals surface area contributed by atoms with Gasteiger partial charge in [0, 0.05) is 12.5 Å². The number of carbonyl (C=O) groups excluding carboxylic acids is 2. The first-order valence-corrected chi connectivity index (χ1v) is 7.86. The summed E-state index contributed by atoms with van der Waals surface area (Å²) in [5, 5.41) is 2.49. The lowest BCUT2D eigenvalue weighted by Crippen LogP contribution is -2.68. The summed E-state index contributed by atoms with van der Waals surface area (Å²) in [6.07, 6.45) is 3.98. The third kappa shape index (κ3) is 2.34. The molecule has 1 aromatic rings. The van der Waals surface area contributed by atoms with E-state index >= 15 is 0 Å². The zero-order valence-electron chi connectivity index (χ0n) is 12.9. The smallest absolute Gasteiger partial charge is 0.407 e. The molecular formula is C17H22N2O3. The van der Waals surface area contributed by atoms with E-state index in [-0.39, 0.29) is 18.0 Å². The minimum atomic E-state index is -0.567. The standard InChI is InChI=1S/C17H22N2O3/c1-22-16(21)18-11-15(20)19-12-14-9-5-6-10-17(14,19)13-7-3-2-4-8-13/h2-4,7-8,14H,5-6,9-12H2,1H3,(H,18,21)/t14-,17+/m0/s1. The zero-order valence-corrected chi connectivity index (χ0v) is 12.9. The molecule has 5 nitrogen and oxygen atoms in total. The number of hydrogen-bond donors (Lipinski definition) is 1. The largest absolute Gasteiger partial charge is 0.453 e. The van der Waals surface area contributed by atoms with Gasteiger partial charge in [-0.1, -0.05) is 43.2 Å². The fourth-order valence-corrected chi connectivity index (χ4v) is 4.00. The van der Waals surface area contributed by atoms with Crippen LogP contribution in [0, 0.1) is 5.92 Å². The van der Waals surface area contributed by atoms with E-state index in [0.29, 0.717) is 5.92 Å². The molecule has 0 aromatic heterocycles. The second kappa shape index (κ2) is 5.99. The molecule has 5 heteroatoms. The molecule has 1 saturated carbocycles. The van der Waals surface area contributed by atoms with Crippen molar-refractivity contribution >= 4 is 12.0 Å². The molecule has 1 saturated heterocycles. The van der Waals surface area contributed by atoms with Gasteiger partial charge in [-0.25, -0.2) is 4.79 Å². The minimum Gasteiger partial charge on any atom is -0.453 e. The molecule has 3 rings (SSSR count). The van der Waals surface area contributed by atoms with Gasteiger partial charge in [0.1, 0.15) is 6.54 Å². The second-order valence-electron chi connectivity index (χ2n) is 6.08. The highest BCUT2D eigenvalue weighted by molar-refractivity contribution is 5.84. The third-order valence-corrected chi connectivity index (χ3v) is 5.06. The molecule has 1 aromatic carbocycles. The van der Waals surface area contributed by atoms with E-state index in [4.69, 9.17) is 0 Å². The van der Waals surface area contributed by atoms with Crippen LogP contribution in [0.1, 0.15) is 31.2 Å². The number of amides is 2. The second-order valence-corrected chi connectivity index (χ2v) is 6.08. The van der Waals surface area contributed by atoms with Crippen LogP contribution in [-0.2, 0) is 15.1 Å². The van der Waals surface area contributed by atoms with E-state index in [1.807, 2.05) is 23.1 Å². The Morgan fingerprint density at radius 1 is 1.32 bits per heavy atom. The number of nitrogens with one attached hydrogen (secondary N) is 1. The van der Waals surface area contributed by atoms with Gasteiger partial charge in [0.2, 0.25) is 5.91 Å². The van der Waals surface area contributed by atoms with Crippen molar-refractivity contribution in [2.75, 3.05) is 20.2 Å². The molecular weight excluding hydrogens is 280 g/mol. The number of ether oxygens (including phenoxy) is 1. The van der Waals surface area contributed by atoms with E-state index < -0.39 is 6.09 Å². The van der Waals surface area contributed by atoms with Crippen molar-refractivity contribution in [3.63, 3.8) is 0 Å². The SMILES string of the molecule is COC(=O)NCC(=O)N1C[C@@H]2CCCC[C@@]21c1ccccc1. The first kappa shape index (κ1) is 14.9. The first-order valence-electron chi connectivity index (χ1n) is 7.86. The predicted octanol–water partition coefficient (Wildman–Crippen LogP) is 2.27. The quantitative estimate of drug-likeness (QED) is 0.932. The fraction of sp³-hybridized carbons (Fsp3) is 0.529. The summed E-state index contributed by atoms with van der Waals surface area (Å²) < 4.78 is 4.53. The van der Waals surface area contributed by atoms with E-state index in [0.717, 1.165) is 19.4 Å². The van der Waals surface area contributed by atoms with Crippen molar-refractivity contribution in [1.82, 2.24) is 10.2 Å². The number of rotatable bonds is 3. The van der Waals surface area contributed by atoms with Crippen molar-refractivity contribution in [2.24, 2.45) is 5.92 Å². The fourth-order valence-electron chi connectivity index (χ4n) is 4.00. The van der Waals surface area contributed by atoms with Gasteiger partial charge in [0.15, 0.2) is 0 Å². The summed E-state index contributed by atoms with van der Waals surface area (Å²) in [5.74, 6) is 0.498. The lowest BCUT2D eigenvalue weighted by molar-refractivity contribution is -0.165. The summed E-state index contributed by atoms with van der Waals surface area (Å²) in [6.45, 7) is 0.782. The maximum Gasteiger partial charge on any atom is 0.407 e. The third-order valence-electron chi connectivity index (χ3n) is 5.06. The van der Waals surface area contributed by atoms with Crippen LogP contribution in [0.2, 0.25) is 0 Å². The van der Waals surface area contributed by atoms with Crippen LogP contribution < -0.4 is 5.32 Å². The van der Waals surface area contributed by atoms with Gasteiger partial charge in [-0.2, -0.15) is 0 Å². The van der Waals surface area contributed by atoms with E-state index in [1.165, 1.54) is 25.5 Å². The van der Waals surface area contributed by atoms with Crippen molar-refractivity contribution < 1.29 is 14.3 Å². The summed E-state index contributed by atoms with van der Waals surface area (Å²) in [4.78, 5) is 25.7. The molecule has 2 fully saturated rings. The molecule has 0 radical (unpaired) electrons. The molecule has 2 aliphatic rings. The van der Waals surface area contributed by atoms with Gasteiger partial charge < -0.3 is 15.0 Å². The number of alkyl carbamates (subject to hydrolysis) is 1. The van der Waals surface area contributed by atoms with Gasteiger partial charge in [-0.15, -0.1) is 0 Å². The van der Waals surface area contributed by atoms with E-state index in [9.17, 15) is 9.59 Å². The number of carbonyl (C=O) groups is 2. The Labute approximate surface area is 130 Å². The van der Waals surface area contributed by atoms with Crippen LogP contribution in [0.5, 0.6) is 0 Å². The average molecular weight is 302 g/mol. The first-order chi connectivity index (χ1) is 10.7. The summed E-state index contributed by atoms with van der Waals surface area (Å²) >= 11 is 0. The molecule has 22 heavy (non-hydrogen) atoms. The van der Waals surface area contributed by atoms with E-state index in [1.54, 1.807) is 0 Å². The highest BCUT2D eigenvalue weighted by atomic mass is 16.5. The maximum absolute atomic E-state index is 12.5. The Kier molecular flexibility index (Phi) is 4.05. The highest BCUT2D eigenvalue weighted by Gasteiger charge is 2.56. The van der Waals surface area contributed by atoms with Crippen LogP contribution in [0.15, 0.2) is 30.3 Å². The summed E-state index contributed by atoms with van der Waals surface area (Å²) in [5.41, 5.74) is 1.05. The Bertz CT molecular complexity index is 560. The lowest BCUT2D eigenvalue weighted by Gasteiger charge is -2.61. The van der Waals surface area contributed by atoms with Crippen molar-refractivity contribution in [2.45, 2.75) is 31.2 Å². The van der Waals surface area contributed by atoms with Gasteiger partial charge in [-0.3, -0.25) is 4.79 Å². The van der Waals surface area contributed by atoms with Gasteiger partial charge >= 0.3 is 6.09 Å². The molecule has 1 aliphatic heterocycles. The molecule has 1 heterocycles.